The van der Waals surface area contributed by atoms with E-state index in [0.717, 1.165) is 22.2 Å². The molecule has 0 unspecified atom stereocenters. The molecule has 0 bridgehead atoms. The van der Waals surface area contributed by atoms with Gasteiger partial charge in [0.2, 0.25) is 5.91 Å². The number of benzene rings is 2. The number of carbonyl (C=O) groups excluding carboxylic acids is 4. The maximum Gasteiger partial charge on any atom is 0.293 e. The smallest absolute Gasteiger partial charge is 0.293 e. The zero-order valence-electron chi connectivity index (χ0n) is 15.7. The number of thioether (sulfide) groups is 1. The van der Waals surface area contributed by atoms with Gasteiger partial charge in [0.25, 0.3) is 17.1 Å². The highest BCUT2D eigenvalue weighted by Gasteiger charge is 2.34. The summed E-state index contributed by atoms with van der Waals surface area (Å²) in [7, 11) is 0. The molecule has 0 radical (unpaired) electrons. The van der Waals surface area contributed by atoms with Crippen LogP contribution >= 0.6 is 11.8 Å². The Morgan fingerprint density at radius 3 is 2.55 bits per heavy atom. The van der Waals surface area contributed by atoms with Gasteiger partial charge in [-0.1, -0.05) is 36.4 Å². The van der Waals surface area contributed by atoms with E-state index in [1.807, 2.05) is 30.3 Å². The summed E-state index contributed by atoms with van der Waals surface area (Å²) < 4.78 is 0. The molecule has 7 nitrogen and oxygen atoms in total. The van der Waals surface area contributed by atoms with Gasteiger partial charge in [0, 0.05) is 31.3 Å². The standard InChI is InChI=1S/C21H19N3O4S/c1-14(25)23-17-9-5-8-16(13-17)19(26)22-10-11-24-20(27)18(29-21(24)28)12-15-6-3-2-4-7-15/h2-9,12-13H,10-11H2,1H3,(H,22,26)(H,23,25). The van der Waals surface area contributed by atoms with Crippen LogP contribution in [0, 0.1) is 0 Å². The highest BCUT2D eigenvalue weighted by molar-refractivity contribution is 8.18. The van der Waals surface area contributed by atoms with Crippen LogP contribution in [0.4, 0.5) is 10.5 Å². The second-order valence-corrected chi connectivity index (χ2v) is 7.26. The van der Waals surface area contributed by atoms with Gasteiger partial charge in [0.15, 0.2) is 0 Å². The Hall–Kier alpha value is -3.39. The Bertz CT molecular complexity index is 988. The number of carbonyl (C=O) groups is 4. The number of hydrogen-bond acceptors (Lipinski definition) is 5. The maximum absolute atomic E-state index is 12.5. The molecule has 1 saturated heterocycles. The van der Waals surface area contributed by atoms with Crippen LogP contribution in [0.25, 0.3) is 6.08 Å². The van der Waals surface area contributed by atoms with E-state index in [9.17, 15) is 19.2 Å². The fourth-order valence-electron chi connectivity index (χ4n) is 2.72. The molecule has 29 heavy (non-hydrogen) atoms. The van der Waals surface area contributed by atoms with E-state index in [2.05, 4.69) is 10.6 Å². The van der Waals surface area contributed by atoms with Crippen molar-refractivity contribution in [2.75, 3.05) is 18.4 Å². The second kappa shape index (κ2) is 9.20. The first-order valence-electron chi connectivity index (χ1n) is 8.90. The molecule has 0 spiro atoms. The van der Waals surface area contributed by atoms with Crippen molar-refractivity contribution in [3.63, 3.8) is 0 Å². The summed E-state index contributed by atoms with van der Waals surface area (Å²) >= 11 is 0.885. The number of nitrogens with one attached hydrogen (secondary N) is 2. The molecule has 0 saturated carbocycles. The average Bonchev–Trinajstić information content (AvgIpc) is 2.95. The lowest BCUT2D eigenvalue weighted by Gasteiger charge is -2.13. The Labute approximate surface area is 172 Å². The van der Waals surface area contributed by atoms with Gasteiger partial charge in [0.1, 0.15) is 0 Å². The fraction of sp³-hybridized carbons (Fsp3) is 0.143. The molecule has 0 aromatic heterocycles. The van der Waals surface area contributed by atoms with E-state index >= 15 is 0 Å². The van der Waals surface area contributed by atoms with Crippen molar-refractivity contribution in [1.29, 1.82) is 0 Å². The van der Waals surface area contributed by atoms with Crippen LogP contribution in [0.2, 0.25) is 0 Å². The summed E-state index contributed by atoms with van der Waals surface area (Å²) in [4.78, 5) is 49.5. The molecule has 4 amide bonds. The van der Waals surface area contributed by atoms with Gasteiger partial charge in [-0.2, -0.15) is 0 Å². The van der Waals surface area contributed by atoms with E-state index in [1.54, 1.807) is 30.3 Å². The summed E-state index contributed by atoms with van der Waals surface area (Å²) in [5.74, 6) is -0.958. The lowest BCUT2D eigenvalue weighted by Crippen LogP contribution is -2.37. The van der Waals surface area contributed by atoms with Gasteiger partial charge in [-0.05, 0) is 41.6 Å². The molecule has 0 aliphatic carbocycles. The molecule has 1 heterocycles. The van der Waals surface area contributed by atoms with Gasteiger partial charge in [-0.3, -0.25) is 24.1 Å². The first kappa shape index (κ1) is 20.3. The third-order valence-corrected chi connectivity index (χ3v) is 4.94. The SMILES string of the molecule is CC(=O)Nc1cccc(C(=O)NCCN2C(=O)SC(=Cc3ccccc3)C2=O)c1. The zero-order valence-corrected chi connectivity index (χ0v) is 16.5. The minimum absolute atomic E-state index is 0.0773. The van der Waals surface area contributed by atoms with Crippen LogP contribution in [-0.4, -0.2) is 41.0 Å². The van der Waals surface area contributed by atoms with Crippen LogP contribution in [0.3, 0.4) is 0 Å². The van der Waals surface area contributed by atoms with Crippen molar-refractivity contribution in [3.8, 4) is 0 Å². The third-order valence-electron chi connectivity index (χ3n) is 4.04. The molecule has 1 aliphatic rings. The first-order valence-corrected chi connectivity index (χ1v) is 9.72. The maximum atomic E-state index is 12.5. The van der Waals surface area contributed by atoms with Crippen LogP contribution in [-0.2, 0) is 9.59 Å². The number of hydrogen-bond donors (Lipinski definition) is 2. The molecular weight excluding hydrogens is 390 g/mol. The lowest BCUT2D eigenvalue weighted by molar-refractivity contribution is -0.122. The van der Waals surface area contributed by atoms with Gasteiger partial charge < -0.3 is 10.6 Å². The predicted molar refractivity (Wildman–Crippen MR) is 112 cm³/mol. The summed E-state index contributed by atoms with van der Waals surface area (Å²) in [5, 5.41) is 4.94. The van der Waals surface area contributed by atoms with Crippen molar-refractivity contribution in [2.45, 2.75) is 6.92 Å². The highest BCUT2D eigenvalue weighted by atomic mass is 32.2. The van der Waals surface area contributed by atoms with Crippen LogP contribution < -0.4 is 10.6 Å². The molecule has 1 fully saturated rings. The van der Waals surface area contributed by atoms with E-state index in [-0.39, 0.29) is 36.1 Å². The van der Waals surface area contributed by atoms with Crippen LogP contribution in [0.15, 0.2) is 59.5 Å². The Morgan fingerprint density at radius 1 is 1.07 bits per heavy atom. The Balaban J connectivity index is 1.57. The summed E-state index contributed by atoms with van der Waals surface area (Å²) in [6.07, 6.45) is 1.68. The molecule has 1 aliphatic heterocycles. The largest absolute Gasteiger partial charge is 0.350 e. The van der Waals surface area contributed by atoms with Gasteiger partial charge >= 0.3 is 0 Å². The summed E-state index contributed by atoms with van der Waals surface area (Å²) in [6, 6.07) is 15.8. The number of amides is 4. The average molecular weight is 409 g/mol. The van der Waals surface area contributed by atoms with Gasteiger partial charge in [0.05, 0.1) is 4.91 Å². The number of nitrogens with zero attached hydrogens (tertiary/aromatic N) is 1. The molecule has 2 aromatic rings. The normalized spacial score (nSPS) is 14.9. The molecule has 2 N–H and O–H groups in total. The molecular formula is C21H19N3O4S. The van der Waals surface area contributed by atoms with E-state index in [1.165, 1.54) is 6.92 Å². The summed E-state index contributed by atoms with van der Waals surface area (Å²) in [6.45, 7) is 1.59. The molecule has 2 aromatic carbocycles. The van der Waals surface area contributed by atoms with E-state index < -0.39 is 0 Å². The third kappa shape index (κ3) is 5.32. The monoisotopic (exact) mass is 409 g/mol. The van der Waals surface area contributed by atoms with Crippen LogP contribution in [0.5, 0.6) is 0 Å². The minimum Gasteiger partial charge on any atom is -0.350 e. The van der Waals surface area contributed by atoms with Crippen molar-refractivity contribution in [1.82, 2.24) is 10.2 Å². The Kier molecular flexibility index (Phi) is 6.46. The van der Waals surface area contributed by atoms with Crippen LogP contribution in [0.1, 0.15) is 22.8 Å². The van der Waals surface area contributed by atoms with Crippen molar-refractivity contribution >= 4 is 46.5 Å². The van der Waals surface area contributed by atoms with Gasteiger partial charge in [-0.15, -0.1) is 0 Å². The highest BCUT2D eigenvalue weighted by Crippen LogP contribution is 2.31. The minimum atomic E-state index is -0.370. The topological polar surface area (TPSA) is 95.6 Å². The molecule has 3 rings (SSSR count). The van der Waals surface area contributed by atoms with E-state index in [0.29, 0.717) is 16.2 Å². The molecule has 0 atom stereocenters. The second-order valence-electron chi connectivity index (χ2n) is 6.26. The van der Waals surface area contributed by atoms with Crippen molar-refractivity contribution in [3.05, 3.63) is 70.6 Å². The zero-order chi connectivity index (χ0) is 20.8. The van der Waals surface area contributed by atoms with Crippen molar-refractivity contribution < 1.29 is 19.2 Å². The number of anilines is 1. The van der Waals surface area contributed by atoms with E-state index in [4.69, 9.17) is 0 Å². The number of imide groups is 1. The molecule has 148 valence electrons. The quantitative estimate of drug-likeness (QED) is 0.715. The number of rotatable bonds is 6. The predicted octanol–water partition coefficient (Wildman–Crippen LogP) is 3.11. The van der Waals surface area contributed by atoms with Crippen molar-refractivity contribution in [2.24, 2.45) is 0 Å². The van der Waals surface area contributed by atoms with Gasteiger partial charge in [-0.25, -0.2) is 0 Å². The first-order chi connectivity index (χ1) is 13.9. The molecule has 8 heteroatoms. The summed E-state index contributed by atoms with van der Waals surface area (Å²) in [5.41, 5.74) is 1.72. The fourth-order valence-corrected chi connectivity index (χ4v) is 3.58. The Morgan fingerprint density at radius 2 is 1.83 bits per heavy atom. The lowest BCUT2D eigenvalue weighted by atomic mass is 10.2.